The molecule has 3 heteroatoms. The van der Waals surface area contributed by atoms with Crippen LogP contribution >= 0.6 is 0 Å². The van der Waals surface area contributed by atoms with Crippen molar-refractivity contribution in [2.45, 2.75) is 31.0 Å². The van der Waals surface area contributed by atoms with E-state index >= 15 is 0 Å². The highest BCUT2D eigenvalue weighted by Gasteiger charge is 2.44. The van der Waals surface area contributed by atoms with E-state index < -0.39 is 0 Å². The summed E-state index contributed by atoms with van der Waals surface area (Å²) < 4.78 is 0. The molecule has 0 aromatic rings. The molecule has 2 aliphatic heterocycles. The Morgan fingerprint density at radius 1 is 1.47 bits per heavy atom. The highest BCUT2D eigenvalue weighted by molar-refractivity contribution is 5.13. The molecule has 2 heterocycles. The van der Waals surface area contributed by atoms with Crippen LogP contribution < -0.4 is 10.6 Å². The van der Waals surface area contributed by atoms with E-state index in [-0.39, 0.29) is 5.54 Å². The summed E-state index contributed by atoms with van der Waals surface area (Å²) in [5.74, 6) is 0. The Balaban J connectivity index is 2.06. The Morgan fingerprint density at radius 3 is 3.07 bits per heavy atom. The first-order valence-corrected chi connectivity index (χ1v) is 5.80. The number of nitrogens with zero attached hydrogens (tertiary/aromatic N) is 1. The first-order chi connectivity index (χ1) is 7.32. The van der Waals surface area contributed by atoms with E-state index in [1.807, 2.05) is 0 Å². The van der Waals surface area contributed by atoms with Crippen LogP contribution in [0.25, 0.3) is 0 Å². The van der Waals surface area contributed by atoms with E-state index in [0.717, 1.165) is 13.1 Å². The summed E-state index contributed by atoms with van der Waals surface area (Å²) in [6.45, 7) is 10.9. The minimum absolute atomic E-state index is 0.214. The van der Waals surface area contributed by atoms with Crippen molar-refractivity contribution in [1.29, 1.82) is 0 Å². The van der Waals surface area contributed by atoms with Crippen molar-refractivity contribution in [1.82, 2.24) is 15.5 Å². The molecule has 0 bridgehead atoms. The normalized spacial score (nSPS) is 35.9. The highest BCUT2D eigenvalue weighted by Crippen LogP contribution is 2.33. The second-order valence-electron chi connectivity index (χ2n) is 4.47. The molecule has 2 rings (SSSR count). The zero-order chi connectivity index (χ0) is 10.7. The first-order valence-electron chi connectivity index (χ1n) is 5.80. The predicted molar refractivity (Wildman–Crippen MR) is 63.5 cm³/mol. The first kappa shape index (κ1) is 10.7. The molecule has 0 aromatic heterocycles. The van der Waals surface area contributed by atoms with Crippen LogP contribution in [0.5, 0.6) is 0 Å². The zero-order valence-electron chi connectivity index (χ0n) is 9.34. The molecule has 2 saturated heterocycles. The summed E-state index contributed by atoms with van der Waals surface area (Å²) in [4.78, 5) is 2.56. The van der Waals surface area contributed by atoms with Crippen molar-refractivity contribution in [3.8, 4) is 0 Å². The quantitative estimate of drug-likeness (QED) is 0.675. The SMILES string of the molecule is C=CNC[C@H]1NCC2(C=C)CCCCN12. The smallest absolute Gasteiger partial charge is 0.0783 e. The van der Waals surface area contributed by atoms with E-state index in [1.54, 1.807) is 6.20 Å². The van der Waals surface area contributed by atoms with E-state index in [2.05, 4.69) is 34.8 Å². The zero-order valence-corrected chi connectivity index (χ0v) is 9.34. The number of fused-ring (bicyclic) bond motifs is 1. The molecule has 15 heavy (non-hydrogen) atoms. The van der Waals surface area contributed by atoms with Crippen LogP contribution in [0.15, 0.2) is 25.4 Å². The minimum atomic E-state index is 0.214. The third-order valence-corrected chi connectivity index (χ3v) is 3.69. The fourth-order valence-corrected chi connectivity index (χ4v) is 2.81. The van der Waals surface area contributed by atoms with Crippen molar-refractivity contribution in [2.75, 3.05) is 19.6 Å². The molecule has 0 spiro atoms. The molecule has 0 radical (unpaired) electrons. The third kappa shape index (κ3) is 1.82. The van der Waals surface area contributed by atoms with Gasteiger partial charge in [0.2, 0.25) is 0 Å². The van der Waals surface area contributed by atoms with Crippen molar-refractivity contribution < 1.29 is 0 Å². The maximum Gasteiger partial charge on any atom is 0.0783 e. The van der Waals surface area contributed by atoms with Gasteiger partial charge >= 0.3 is 0 Å². The van der Waals surface area contributed by atoms with E-state index in [0.29, 0.717) is 6.17 Å². The second kappa shape index (κ2) is 4.37. The van der Waals surface area contributed by atoms with Crippen LogP contribution in [0.3, 0.4) is 0 Å². The lowest BCUT2D eigenvalue weighted by Gasteiger charge is -2.41. The topological polar surface area (TPSA) is 27.3 Å². The predicted octanol–water partition coefficient (Wildman–Crippen LogP) is 1.06. The van der Waals surface area contributed by atoms with Crippen LogP contribution in [-0.2, 0) is 0 Å². The molecule has 0 aliphatic carbocycles. The molecule has 2 fully saturated rings. The summed E-state index contributed by atoms with van der Waals surface area (Å²) in [6.07, 6.45) is 8.20. The Hall–Kier alpha value is -0.800. The molecule has 0 aromatic carbocycles. The fourth-order valence-electron chi connectivity index (χ4n) is 2.81. The van der Waals surface area contributed by atoms with Gasteiger partial charge in [0, 0.05) is 19.6 Å². The van der Waals surface area contributed by atoms with Gasteiger partial charge in [-0.05, 0) is 25.5 Å². The average Bonchev–Trinajstić information content (AvgIpc) is 2.66. The Morgan fingerprint density at radius 2 is 2.33 bits per heavy atom. The average molecular weight is 207 g/mol. The number of piperidine rings is 1. The van der Waals surface area contributed by atoms with Gasteiger partial charge < -0.3 is 5.32 Å². The molecule has 2 N–H and O–H groups in total. The van der Waals surface area contributed by atoms with E-state index in [4.69, 9.17) is 0 Å². The van der Waals surface area contributed by atoms with Gasteiger partial charge in [-0.3, -0.25) is 10.2 Å². The van der Waals surface area contributed by atoms with Crippen molar-refractivity contribution in [2.24, 2.45) is 0 Å². The van der Waals surface area contributed by atoms with Crippen LogP contribution in [-0.4, -0.2) is 36.2 Å². The Bertz CT molecular complexity index is 251. The Labute approximate surface area is 92.2 Å². The summed E-state index contributed by atoms with van der Waals surface area (Å²) in [5.41, 5.74) is 0.214. The van der Waals surface area contributed by atoms with Gasteiger partial charge in [0.1, 0.15) is 0 Å². The summed E-state index contributed by atoms with van der Waals surface area (Å²) in [5, 5.41) is 6.76. The van der Waals surface area contributed by atoms with Gasteiger partial charge in [0.25, 0.3) is 0 Å². The van der Waals surface area contributed by atoms with Gasteiger partial charge in [0.15, 0.2) is 0 Å². The third-order valence-electron chi connectivity index (χ3n) is 3.69. The number of hydrogen-bond donors (Lipinski definition) is 2. The minimum Gasteiger partial charge on any atom is -0.388 e. The van der Waals surface area contributed by atoms with Gasteiger partial charge in [-0.15, -0.1) is 6.58 Å². The monoisotopic (exact) mass is 207 g/mol. The van der Waals surface area contributed by atoms with E-state index in [1.165, 1.54) is 25.8 Å². The molecule has 2 aliphatic rings. The molecule has 3 nitrogen and oxygen atoms in total. The maximum absolute atomic E-state index is 4.01. The lowest BCUT2D eigenvalue weighted by Crippen LogP contribution is -2.52. The van der Waals surface area contributed by atoms with Gasteiger partial charge in [-0.1, -0.05) is 12.7 Å². The standard InChI is InChI=1S/C12H21N3/c1-3-12-7-5-6-8-15(12)11(14-10-12)9-13-4-2/h3-4,11,13-14H,1-2,5-10H2/t11-,12?/m0/s1. The highest BCUT2D eigenvalue weighted by atomic mass is 15.4. The second-order valence-corrected chi connectivity index (χ2v) is 4.47. The largest absolute Gasteiger partial charge is 0.388 e. The van der Waals surface area contributed by atoms with Crippen LogP contribution in [0, 0.1) is 0 Å². The lowest BCUT2D eigenvalue weighted by molar-refractivity contribution is 0.0985. The molecule has 0 amide bonds. The summed E-state index contributed by atoms with van der Waals surface area (Å²) in [7, 11) is 0. The van der Waals surface area contributed by atoms with Gasteiger partial charge in [-0.25, -0.2) is 0 Å². The van der Waals surface area contributed by atoms with E-state index in [9.17, 15) is 0 Å². The molecule has 84 valence electrons. The fraction of sp³-hybridized carbons (Fsp3) is 0.667. The number of hydrogen-bond acceptors (Lipinski definition) is 3. The van der Waals surface area contributed by atoms with Crippen LogP contribution in [0.1, 0.15) is 19.3 Å². The maximum atomic E-state index is 4.01. The van der Waals surface area contributed by atoms with Crippen molar-refractivity contribution in [3.05, 3.63) is 25.4 Å². The van der Waals surface area contributed by atoms with Gasteiger partial charge in [0.05, 0.1) is 11.7 Å². The van der Waals surface area contributed by atoms with Crippen LogP contribution in [0.4, 0.5) is 0 Å². The number of rotatable bonds is 4. The summed E-state index contributed by atoms with van der Waals surface area (Å²) >= 11 is 0. The summed E-state index contributed by atoms with van der Waals surface area (Å²) in [6, 6.07) is 0. The lowest BCUT2D eigenvalue weighted by atomic mass is 9.88. The van der Waals surface area contributed by atoms with Gasteiger partial charge in [-0.2, -0.15) is 0 Å². The van der Waals surface area contributed by atoms with Crippen molar-refractivity contribution >= 4 is 0 Å². The molecule has 0 saturated carbocycles. The molecular formula is C12H21N3. The Kier molecular flexibility index (Phi) is 3.12. The molecule has 1 unspecified atom stereocenters. The van der Waals surface area contributed by atoms with Crippen LogP contribution in [0.2, 0.25) is 0 Å². The van der Waals surface area contributed by atoms with Crippen molar-refractivity contribution in [3.63, 3.8) is 0 Å². The molecular weight excluding hydrogens is 186 g/mol. The molecule has 2 atom stereocenters. The number of nitrogens with one attached hydrogen (secondary N) is 2.